The van der Waals surface area contributed by atoms with Gasteiger partial charge in [-0.05, 0) is 50.6 Å². The number of alkyl halides is 3. The van der Waals surface area contributed by atoms with Gasteiger partial charge in [-0.3, -0.25) is 4.79 Å². The van der Waals surface area contributed by atoms with Crippen molar-refractivity contribution in [2.24, 2.45) is 0 Å². The lowest BCUT2D eigenvalue weighted by Gasteiger charge is -2.20. The molecule has 0 unspecified atom stereocenters. The Bertz CT molecular complexity index is 542. The van der Waals surface area contributed by atoms with E-state index in [1.54, 1.807) is 37.9 Å². The number of halogens is 4. The molecule has 0 radical (unpaired) electrons. The van der Waals surface area contributed by atoms with Crippen molar-refractivity contribution < 1.29 is 22.7 Å². The lowest BCUT2D eigenvalue weighted by molar-refractivity contribution is -0.153. The number of nitrogens with one attached hydrogen (secondary N) is 1. The van der Waals surface area contributed by atoms with E-state index >= 15 is 0 Å². The van der Waals surface area contributed by atoms with Gasteiger partial charge in [-0.1, -0.05) is 12.1 Å². The molecule has 144 valence electrons. The molecule has 0 spiro atoms. The van der Waals surface area contributed by atoms with Gasteiger partial charge in [0.2, 0.25) is 5.91 Å². The molecule has 0 heterocycles. The van der Waals surface area contributed by atoms with E-state index in [-0.39, 0.29) is 24.1 Å². The van der Waals surface area contributed by atoms with Gasteiger partial charge in [0.1, 0.15) is 5.75 Å². The van der Waals surface area contributed by atoms with Crippen LogP contribution >= 0.6 is 12.4 Å². The number of carbonyl (C=O) groups excluding carboxylic acids is 1. The molecular weight excluding hydrogens is 357 g/mol. The highest BCUT2D eigenvalue weighted by Crippen LogP contribution is 2.27. The van der Waals surface area contributed by atoms with E-state index in [1.165, 1.54) is 0 Å². The molecule has 0 aliphatic heterocycles. The monoisotopic (exact) mass is 382 g/mol. The standard InChI is InChI=1S/C17H25F3N2O2.ClH/c1-12-8-14(10-22(4)15(23)6-5-7-21-3)9-13(2)16(12)24-11-17(18,19)20;/h8-9,21H,5-7,10-11H2,1-4H3;1H. The van der Waals surface area contributed by atoms with E-state index in [9.17, 15) is 18.0 Å². The number of aryl methyl sites for hydroxylation is 2. The van der Waals surface area contributed by atoms with E-state index in [4.69, 9.17) is 4.74 Å². The fourth-order valence-electron chi connectivity index (χ4n) is 2.48. The summed E-state index contributed by atoms with van der Waals surface area (Å²) in [7, 11) is 3.56. The molecule has 0 saturated carbocycles. The van der Waals surface area contributed by atoms with E-state index in [0.29, 0.717) is 24.1 Å². The molecule has 0 atom stereocenters. The zero-order valence-corrected chi connectivity index (χ0v) is 15.8. The van der Waals surface area contributed by atoms with Crippen LogP contribution in [0.15, 0.2) is 12.1 Å². The predicted octanol–water partition coefficient (Wildman–Crippen LogP) is 3.62. The summed E-state index contributed by atoms with van der Waals surface area (Å²) in [5.74, 6) is 0.289. The summed E-state index contributed by atoms with van der Waals surface area (Å²) in [5.41, 5.74) is 2.13. The van der Waals surface area contributed by atoms with Crippen LogP contribution in [0.4, 0.5) is 13.2 Å². The molecule has 0 aliphatic rings. The predicted molar refractivity (Wildman–Crippen MR) is 94.3 cm³/mol. The number of hydrogen-bond acceptors (Lipinski definition) is 3. The summed E-state index contributed by atoms with van der Waals surface area (Å²) in [6.45, 7) is 3.30. The SMILES string of the molecule is CNCCCC(=O)N(C)Cc1cc(C)c(OCC(F)(F)F)c(C)c1.Cl. The Labute approximate surface area is 153 Å². The van der Waals surface area contributed by atoms with Crippen molar-refractivity contribution in [1.29, 1.82) is 0 Å². The smallest absolute Gasteiger partial charge is 0.422 e. The second kappa shape index (κ2) is 10.5. The molecule has 1 N–H and O–H groups in total. The molecule has 1 amide bonds. The van der Waals surface area contributed by atoms with Gasteiger partial charge in [-0.2, -0.15) is 13.2 Å². The summed E-state index contributed by atoms with van der Waals surface area (Å²) in [6, 6.07) is 3.52. The van der Waals surface area contributed by atoms with Crippen molar-refractivity contribution in [3.63, 3.8) is 0 Å². The Hall–Kier alpha value is -1.47. The van der Waals surface area contributed by atoms with Crippen LogP contribution in [0.5, 0.6) is 5.75 Å². The number of amides is 1. The molecule has 0 bridgehead atoms. The van der Waals surface area contributed by atoms with Crippen molar-refractivity contribution in [2.75, 3.05) is 27.2 Å². The minimum absolute atomic E-state index is 0. The molecule has 0 aromatic heterocycles. The second-order valence-corrected chi connectivity index (χ2v) is 5.92. The van der Waals surface area contributed by atoms with Crippen LogP contribution in [0.25, 0.3) is 0 Å². The number of ether oxygens (including phenoxy) is 1. The van der Waals surface area contributed by atoms with Gasteiger partial charge in [0, 0.05) is 20.0 Å². The summed E-state index contributed by atoms with van der Waals surface area (Å²) < 4.78 is 41.8. The maximum Gasteiger partial charge on any atom is 0.422 e. The third-order valence-electron chi connectivity index (χ3n) is 3.56. The third-order valence-corrected chi connectivity index (χ3v) is 3.56. The average molecular weight is 383 g/mol. The summed E-state index contributed by atoms with van der Waals surface area (Å²) in [4.78, 5) is 13.6. The Kier molecular flexibility index (Phi) is 9.89. The molecule has 4 nitrogen and oxygen atoms in total. The molecule has 25 heavy (non-hydrogen) atoms. The average Bonchev–Trinajstić information content (AvgIpc) is 2.45. The Morgan fingerprint density at radius 2 is 1.80 bits per heavy atom. The maximum absolute atomic E-state index is 12.3. The van der Waals surface area contributed by atoms with E-state index in [1.807, 2.05) is 7.05 Å². The highest BCUT2D eigenvalue weighted by atomic mass is 35.5. The fourth-order valence-corrected chi connectivity index (χ4v) is 2.48. The molecule has 0 fully saturated rings. The Morgan fingerprint density at radius 3 is 2.28 bits per heavy atom. The van der Waals surface area contributed by atoms with E-state index in [0.717, 1.165) is 18.5 Å². The summed E-state index contributed by atoms with van der Waals surface area (Å²) in [5, 5.41) is 2.99. The van der Waals surface area contributed by atoms with Crippen LogP contribution in [-0.2, 0) is 11.3 Å². The van der Waals surface area contributed by atoms with Crippen molar-refractivity contribution in [1.82, 2.24) is 10.2 Å². The fraction of sp³-hybridized carbons (Fsp3) is 0.588. The zero-order valence-electron chi connectivity index (χ0n) is 15.0. The van der Waals surface area contributed by atoms with Crippen LogP contribution in [0, 0.1) is 13.8 Å². The molecule has 8 heteroatoms. The van der Waals surface area contributed by atoms with Gasteiger partial charge in [0.15, 0.2) is 6.61 Å². The molecule has 1 aromatic rings. The third kappa shape index (κ3) is 8.45. The van der Waals surface area contributed by atoms with Gasteiger partial charge in [0.25, 0.3) is 0 Å². The first-order chi connectivity index (χ1) is 11.1. The molecule has 0 saturated heterocycles. The van der Waals surface area contributed by atoms with Gasteiger partial charge >= 0.3 is 6.18 Å². The first-order valence-electron chi connectivity index (χ1n) is 7.82. The number of benzene rings is 1. The van der Waals surface area contributed by atoms with E-state index in [2.05, 4.69) is 5.32 Å². The zero-order chi connectivity index (χ0) is 18.3. The highest BCUT2D eigenvalue weighted by molar-refractivity contribution is 5.85. The van der Waals surface area contributed by atoms with Crippen LogP contribution in [-0.4, -0.2) is 44.2 Å². The molecular formula is C17H26ClF3N2O2. The largest absolute Gasteiger partial charge is 0.484 e. The van der Waals surface area contributed by atoms with Crippen LogP contribution in [0.2, 0.25) is 0 Å². The van der Waals surface area contributed by atoms with Crippen LogP contribution < -0.4 is 10.1 Å². The van der Waals surface area contributed by atoms with Crippen molar-refractivity contribution >= 4 is 18.3 Å². The van der Waals surface area contributed by atoms with Crippen molar-refractivity contribution in [3.8, 4) is 5.75 Å². The molecule has 0 aliphatic carbocycles. The number of carbonyl (C=O) groups is 1. The lowest BCUT2D eigenvalue weighted by Crippen LogP contribution is -2.27. The van der Waals surface area contributed by atoms with Crippen LogP contribution in [0.3, 0.4) is 0 Å². The van der Waals surface area contributed by atoms with Crippen molar-refractivity contribution in [3.05, 3.63) is 28.8 Å². The topological polar surface area (TPSA) is 41.6 Å². The normalized spacial score (nSPS) is 11.0. The first kappa shape index (κ1) is 23.5. The second-order valence-electron chi connectivity index (χ2n) is 5.92. The summed E-state index contributed by atoms with van der Waals surface area (Å²) >= 11 is 0. The number of hydrogen-bond donors (Lipinski definition) is 1. The van der Waals surface area contributed by atoms with Gasteiger partial charge in [-0.25, -0.2) is 0 Å². The first-order valence-corrected chi connectivity index (χ1v) is 7.82. The van der Waals surface area contributed by atoms with Crippen molar-refractivity contribution in [2.45, 2.75) is 39.4 Å². The Morgan fingerprint density at radius 1 is 1.24 bits per heavy atom. The highest BCUT2D eigenvalue weighted by Gasteiger charge is 2.29. The van der Waals surface area contributed by atoms with E-state index < -0.39 is 12.8 Å². The van der Waals surface area contributed by atoms with Gasteiger partial charge in [0.05, 0.1) is 0 Å². The molecule has 1 aromatic carbocycles. The van der Waals surface area contributed by atoms with Gasteiger partial charge in [-0.15, -0.1) is 12.4 Å². The quantitative estimate of drug-likeness (QED) is 0.698. The molecule has 1 rings (SSSR count). The number of nitrogens with zero attached hydrogens (tertiary/aromatic N) is 1. The minimum Gasteiger partial charge on any atom is -0.484 e. The summed E-state index contributed by atoms with van der Waals surface area (Å²) in [6.07, 6.45) is -3.14. The Balaban J connectivity index is 0.00000576. The maximum atomic E-state index is 12.3. The minimum atomic E-state index is -4.36. The lowest BCUT2D eigenvalue weighted by atomic mass is 10.1. The van der Waals surface area contributed by atoms with Crippen LogP contribution in [0.1, 0.15) is 29.5 Å². The van der Waals surface area contributed by atoms with Gasteiger partial charge < -0.3 is 15.0 Å². The number of rotatable bonds is 8.